The van der Waals surface area contributed by atoms with E-state index in [2.05, 4.69) is 269 Å². The summed E-state index contributed by atoms with van der Waals surface area (Å²) in [6.45, 7) is 2.32. The molecule has 0 heterocycles. The molecule has 62 heteroatoms. The van der Waals surface area contributed by atoms with Crippen molar-refractivity contribution in [3.05, 3.63) is 19.9 Å². The summed E-state index contributed by atoms with van der Waals surface area (Å²) in [7, 11) is 81.6. The van der Waals surface area contributed by atoms with Crippen molar-refractivity contribution in [3.63, 3.8) is 0 Å². The lowest BCUT2D eigenvalue weighted by atomic mass is 11.7. The van der Waals surface area contributed by atoms with Crippen LogP contribution >= 0.6 is 363 Å². The minimum absolute atomic E-state index is 0.0823. The van der Waals surface area contributed by atoms with Crippen LogP contribution in [-0.4, -0.2) is 37.4 Å². The summed E-state index contributed by atoms with van der Waals surface area (Å²) in [6.07, 6.45) is 0. The summed E-state index contributed by atoms with van der Waals surface area (Å²) in [4.78, 5) is 33.2. The quantitative estimate of drug-likeness (QED) is 0.0376. The Morgan fingerprint density at radius 1 is 0.591 bits per heavy atom. The van der Waals surface area contributed by atoms with Crippen LogP contribution in [-0.2, 0) is 103 Å². The number of alkyl halides is 1. The molecule has 0 aromatic rings. The summed E-state index contributed by atoms with van der Waals surface area (Å²) < 4.78 is 1.72. The number of aliphatic hydroxyl groups excluding tert-OH is 1. The van der Waals surface area contributed by atoms with Crippen molar-refractivity contribution in [3.8, 4) is 0 Å². The molecule has 0 aliphatic carbocycles. The van der Waals surface area contributed by atoms with E-state index in [0.29, 0.717) is 0 Å². The lowest BCUT2D eigenvalue weighted by Crippen LogP contribution is -1.91. The van der Waals surface area contributed by atoms with Gasteiger partial charge >= 0.3 is 0 Å². The van der Waals surface area contributed by atoms with E-state index in [0.717, 1.165) is 30.1 Å². The summed E-state index contributed by atoms with van der Waals surface area (Å²) in [5, 5.41) is 17.1. The normalized spacial score (nSPS) is 12.5. The Balaban J connectivity index is -0.0000000855. The Morgan fingerprint density at radius 3 is 0.955 bits per heavy atom. The van der Waals surface area contributed by atoms with Crippen LogP contribution in [0.2, 0.25) is 0 Å². The van der Waals surface area contributed by atoms with Crippen LogP contribution < -0.4 is 0 Å². The molecule has 1 N–H and O–H groups in total. The van der Waals surface area contributed by atoms with Gasteiger partial charge in [0.25, 0.3) is 5.09 Å². The van der Waals surface area contributed by atoms with Crippen molar-refractivity contribution in [1.29, 1.82) is 0 Å². The molecule has 0 saturated carbocycles. The highest BCUT2D eigenvalue weighted by Crippen LogP contribution is 3.24. The highest BCUT2D eigenvalue weighted by atomic mass is 127. The Morgan fingerprint density at radius 2 is 0.818 bits per heavy atom. The zero-order valence-corrected chi connectivity index (χ0v) is 87.0. The van der Waals surface area contributed by atoms with Gasteiger partial charge in [0.1, 0.15) is 7.11 Å². The molecular formula is C4H57BrClIN3O7P39S10. The topological polar surface area (TPSA) is 141 Å². The minimum Gasteiger partial charge on any atom is -0.400 e. The van der Waals surface area contributed by atoms with Crippen LogP contribution in [0.25, 0.3) is 0 Å². The first-order valence-corrected chi connectivity index (χ1v) is 98.5. The van der Waals surface area contributed by atoms with Crippen molar-refractivity contribution >= 4 is 456 Å². The molecule has 28 atom stereocenters. The van der Waals surface area contributed by atoms with Crippen LogP contribution in [0.5, 0.6) is 0 Å². The van der Waals surface area contributed by atoms with Gasteiger partial charge in [0, 0.05) is 124 Å². The first-order valence-electron chi connectivity index (χ1n) is 13.1. The zero-order chi connectivity index (χ0) is 54.7. The van der Waals surface area contributed by atoms with Crippen molar-refractivity contribution in [2.45, 2.75) is 0 Å². The van der Waals surface area contributed by atoms with Gasteiger partial charge in [0.15, 0.2) is 5.34 Å². The van der Waals surface area contributed by atoms with Gasteiger partial charge < -0.3 is 14.8 Å². The van der Waals surface area contributed by atoms with E-state index in [4.69, 9.17) is 25.0 Å². The monoisotopic (exact) mass is 2030 g/mol. The first kappa shape index (κ1) is 103. The van der Waals surface area contributed by atoms with E-state index in [9.17, 15) is 0 Å². The van der Waals surface area contributed by atoms with Gasteiger partial charge in [0.05, 0.1) is 18.9 Å². The summed E-state index contributed by atoms with van der Waals surface area (Å²) in [6, 6.07) is 0. The minimum atomic E-state index is -0.875. The van der Waals surface area contributed by atoms with Gasteiger partial charge in [-0.15, -0.1) is 207 Å². The second-order valence-electron chi connectivity index (χ2n) is 6.90. The molecule has 406 valence electrons. The number of nitroso groups, excluding NO2 is 1. The Labute approximate surface area is 524 Å². The predicted molar refractivity (Wildman–Crippen MR) is 480 cm³/mol. The third kappa shape index (κ3) is 76.9. The number of halogens is 3. The van der Waals surface area contributed by atoms with Crippen LogP contribution in [0.3, 0.4) is 0 Å². The smallest absolute Gasteiger partial charge is 0.294 e. The molecule has 0 spiro atoms. The summed E-state index contributed by atoms with van der Waals surface area (Å²) in [5.41, 5.74) is 0. The first-order chi connectivity index (χ1) is 30.6. The molecule has 0 amide bonds. The highest BCUT2D eigenvalue weighted by molar-refractivity contribution is 14.2. The number of hydrogen-bond acceptors (Lipinski definition) is 11. The molecule has 28 unspecified atom stereocenters. The molecule has 0 bridgehead atoms. The Bertz CT molecular complexity index is 1390. The lowest BCUT2D eigenvalue weighted by molar-refractivity contribution is -0.749. The standard InChI is InChI=1S/CH3Br.CH3NO3.CH3NO2.CH4O.ClNO.H17IP16.H14P12.H13P11.S10/c1-2;1-5-2(3)4;1-4-2-3;1-2;1-2-3;1-11(16(12(3)4)13(5)6)17(14(7)8)15(9)10-2;1-8(2)11(7)12(9(3)4)10(5)6;1-7-10(6)11(8(2)3)9(4)5;1-3-5-7-9-10-8-6-4-2/h1H3;1H3;1H3;2H,1H3;;10H,2-9H2;1-7H2;7H,1-6H2;. The van der Waals surface area contributed by atoms with Crippen molar-refractivity contribution in [1.82, 2.24) is 0 Å². The predicted octanol–water partition coefficient (Wildman–Crippen LogP) is 24.3. The van der Waals surface area contributed by atoms with Gasteiger partial charge in [-0.25, -0.2) is 0 Å². The molecule has 0 radical (unpaired) electrons. The van der Waals surface area contributed by atoms with E-state index in [-0.39, 0.29) is 110 Å². The van der Waals surface area contributed by atoms with Crippen molar-refractivity contribution < 1.29 is 19.9 Å². The number of aliphatic hydroxyl groups is 1. The lowest BCUT2D eigenvalue weighted by Gasteiger charge is -2.38. The fourth-order valence-corrected chi connectivity index (χ4v) is 429. The van der Waals surface area contributed by atoms with Gasteiger partial charge in [-0.3, -0.25) is 0 Å². The van der Waals surface area contributed by atoms with Gasteiger partial charge in [-0.1, -0.05) is 31.8 Å². The van der Waals surface area contributed by atoms with E-state index < -0.39 is 5.09 Å². The number of hydrogen-bond donors (Lipinski definition) is 1. The second-order valence-corrected chi connectivity index (χ2v) is 172. The maximum atomic E-state index is 8.95. The van der Waals surface area contributed by atoms with Crippen LogP contribution in [0.15, 0.2) is 10.0 Å². The summed E-state index contributed by atoms with van der Waals surface area (Å²) in [5.74, 6) is 1.81. The van der Waals surface area contributed by atoms with E-state index in [1.807, 2.05) is 11.2 Å². The molecule has 66 heavy (non-hydrogen) atoms. The van der Waals surface area contributed by atoms with Crippen molar-refractivity contribution in [2.24, 2.45) is 10.0 Å². The fraction of sp³-hybridized carbons (Fsp3) is 1.00. The zero-order valence-electron chi connectivity index (χ0n) is 33.7. The van der Waals surface area contributed by atoms with E-state index >= 15 is 0 Å². The highest BCUT2D eigenvalue weighted by Gasteiger charge is 2.36. The SMILES string of the molecule is CBr.CO.CON=O.CO[N+](=O)[O-].O=NCl.PP(P)P(P)P(P(P)P)P(P)P.PPP(P)P(P(P)P)P(I)P(P(P)P)P(P)P.PPP(P)P(P(P)P)P(P)P.S=S=S=S=S=S=S=S=S=S. The van der Waals surface area contributed by atoms with Crippen LogP contribution in [0, 0.1) is 19.9 Å². The maximum Gasteiger partial charge on any atom is 0.294 e. The molecule has 0 aromatic heterocycles. The van der Waals surface area contributed by atoms with E-state index in [1.54, 1.807) is 58.0 Å². The third-order valence-corrected chi connectivity index (χ3v) is 257. The maximum absolute atomic E-state index is 8.95. The molecule has 0 rings (SSSR count). The van der Waals surface area contributed by atoms with Gasteiger partial charge in [0.2, 0.25) is 0 Å². The Kier molecular flexibility index (Phi) is 128. The van der Waals surface area contributed by atoms with E-state index in [1.165, 1.54) is 24.9 Å². The molecule has 10 nitrogen and oxygen atoms in total. The van der Waals surface area contributed by atoms with Crippen molar-refractivity contribution in [2.75, 3.05) is 27.2 Å². The largest absolute Gasteiger partial charge is 0.400 e. The number of rotatable bonds is 17. The third-order valence-electron chi connectivity index (χ3n) is 3.23. The molecular weight excluding hydrogens is 1970 g/mol. The van der Waals surface area contributed by atoms with Crippen LogP contribution in [0.4, 0.5) is 0 Å². The average Bonchev–Trinajstić information content (AvgIpc) is 3.23. The Hall–Kier alpha value is 18.6. The molecule has 0 aromatic carbocycles. The molecule has 0 aliphatic rings. The van der Waals surface area contributed by atoms with Gasteiger partial charge in [-0.2, -0.15) is 0 Å². The van der Waals surface area contributed by atoms with Crippen LogP contribution in [0.1, 0.15) is 0 Å². The van der Waals surface area contributed by atoms with Gasteiger partial charge in [-0.05, 0) is 119 Å². The number of nitrogens with zero attached hydrogens (tertiary/aromatic N) is 3. The summed E-state index contributed by atoms with van der Waals surface area (Å²) >= 11 is 19.2. The molecule has 0 fully saturated rings. The average molecular weight is 2030 g/mol. The fourth-order valence-electron chi connectivity index (χ4n) is 1.57. The second kappa shape index (κ2) is 81.6. The molecule has 0 aliphatic heterocycles. The molecule has 0 saturated heterocycles.